The van der Waals surface area contributed by atoms with Crippen LogP contribution in [-0.4, -0.2) is 36.0 Å². The minimum atomic E-state index is -0.375. The van der Waals surface area contributed by atoms with Gasteiger partial charge in [0.2, 0.25) is 5.91 Å². The first-order chi connectivity index (χ1) is 9.38. The van der Waals surface area contributed by atoms with Crippen molar-refractivity contribution in [1.29, 1.82) is 5.26 Å². The first-order valence-corrected chi connectivity index (χ1v) is 7.33. The molecule has 1 amide bonds. The van der Waals surface area contributed by atoms with E-state index in [1.165, 1.54) is 0 Å². The maximum atomic E-state index is 12.8. The highest BCUT2D eigenvalue weighted by Crippen LogP contribution is 2.35. The highest BCUT2D eigenvalue weighted by molar-refractivity contribution is 9.10. The average Bonchev–Trinajstić information content (AvgIpc) is 2.36. The summed E-state index contributed by atoms with van der Waals surface area (Å²) in [5.41, 5.74) is 0.542. The Morgan fingerprint density at radius 2 is 2.10 bits per heavy atom. The number of halogens is 1. The standard InChI is InChI=1S/C15H18BrN3O/c1-15(2)10-18(3)13(8-9-17)14(20)19(15)12-7-5-4-6-11(12)16/h4-7,13H,8,10H2,1-3H3. The zero-order chi connectivity index (χ0) is 14.9. The van der Waals surface area contributed by atoms with Crippen molar-refractivity contribution >= 4 is 27.5 Å². The summed E-state index contributed by atoms with van der Waals surface area (Å²) in [6.45, 7) is 4.82. The first kappa shape index (κ1) is 15.0. The number of benzene rings is 1. The van der Waals surface area contributed by atoms with Crippen molar-refractivity contribution in [3.05, 3.63) is 28.7 Å². The van der Waals surface area contributed by atoms with Gasteiger partial charge in [-0.1, -0.05) is 12.1 Å². The number of nitrogens with zero attached hydrogens (tertiary/aromatic N) is 3. The van der Waals surface area contributed by atoms with Crippen molar-refractivity contribution in [3.63, 3.8) is 0 Å². The molecule has 1 aliphatic heterocycles. The van der Waals surface area contributed by atoms with Gasteiger partial charge in [0.1, 0.15) is 6.04 Å². The fourth-order valence-corrected chi connectivity index (χ4v) is 3.30. The quantitative estimate of drug-likeness (QED) is 0.834. The van der Waals surface area contributed by atoms with Gasteiger partial charge in [-0.05, 0) is 49.0 Å². The van der Waals surface area contributed by atoms with Crippen molar-refractivity contribution in [2.24, 2.45) is 0 Å². The van der Waals surface area contributed by atoms with E-state index in [9.17, 15) is 4.79 Å². The Kier molecular flexibility index (Phi) is 4.17. The molecule has 0 N–H and O–H groups in total. The lowest BCUT2D eigenvalue weighted by Gasteiger charge is -2.49. The van der Waals surface area contributed by atoms with E-state index >= 15 is 0 Å². The molecular formula is C15H18BrN3O. The number of likely N-dealkylation sites (N-methyl/N-ethyl adjacent to an activating group) is 1. The van der Waals surface area contributed by atoms with Crippen LogP contribution in [0.4, 0.5) is 5.69 Å². The highest BCUT2D eigenvalue weighted by Gasteiger charge is 2.44. The van der Waals surface area contributed by atoms with Crippen LogP contribution in [-0.2, 0) is 4.79 Å². The molecule has 1 aromatic carbocycles. The van der Waals surface area contributed by atoms with Crippen LogP contribution in [0.25, 0.3) is 0 Å². The van der Waals surface area contributed by atoms with E-state index in [0.29, 0.717) is 0 Å². The SMILES string of the molecule is CN1CC(C)(C)N(c2ccccc2Br)C(=O)C1CC#N. The second-order valence-corrected chi connectivity index (χ2v) is 6.58. The Labute approximate surface area is 128 Å². The van der Waals surface area contributed by atoms with Gasteiger partial charge in [0.15, 0.2) is 0 Å². The van der Waals surface area contributed by atoms with Crippen molar-refractivity contribution in [2.75, 3.05) is 18.5 Å². The van der Waals surface area contributed by atoms with Crippen LogP contribution in [0.15, 0.2) is 28.7 Å². The van der Waals surface area contributed by atoms with Gasteiger partial charge in [0, 0.05) is 11.0 Å². The van der Waals surface area contributed by atoms with Crippen LogP contribution in [0.2, 0.25) is 0 Å². The normalized spacial score (nSPS) is 22.6. The maximum absolute atomic E-state index is 12.8. The molecule has 0 spiro atoms. The van der Waals surface area contributed by atoms with Gasteiger partial charge in [-0.15, -0.1) is 0 Å². The zero-order valence-electron chi connectivity index (χ0n) is 11.9. The Morgan fingerprint density at radius 3 is 2.70 bits per heavy atom. The summed E-state index contributed by atoms with van der Waals surface area (Å²) in [4.78, 5) is 16.6. The summed E-state index contributed by atoms with van der Waals surface area (Å²) in [7, 11) is 1.90. The second-order valence-electron chi connectivity index (χ2n) is 5.73. The van der Waals surface area contributed by atoms with Crippen LogP contribution in [0.5, 0.6) is 0 Å². The molecular weight excluding hydrogens is 318 g/mol. The molecule has 1 aromatic rings. The van der Waals surface area contributed by atoms with Crippen LogP contribution < -0.4 is 4.90 Å². The highest BCUT2D eigenvalue weighted by atomic mass is 79.9. The molecule has 1 aliphatic rings. The lowest BCUT2D eigenvalue weighted by molar-refractivity contribution is -0.127. The molecule has 1 fully saturated rings. The smallest absolute Gasteiger partial charge is 0.245 e. The number of carbonyl (C=O) groups is 1. The lowest BCUT2D eigenvalue weighted by Crippen LogP contribution is -2.65. The average molecular weight is 336 g/mol. The predicted octanol–water partition coefficient (Wildman–Crippen LogP) is 2.79. The number of hydrogen-bond donors (Lipinski definition) is 0. The number of nitriles is 1. The van der Waals surface area contributed by atoms with Gasteiger partial charge in [-0.2, -0.15) is 5.26 Å². The largest absolute Gasteiger partial charge is 0.303 e. The maximum Gasteiger partial charge on any atom is 0.245 e. The van der Waals surface area contributed by atoms with Gasteiger partial charge in [-0.3, -0.25) is 9.69 Å². The fraction of sp³-hybridized carbons (Fsp3) is 0.467. The molecule has 1 unspecified atom stereocenters. The van der Waals surface area contributed by atoms with Crippen LogP contribution in [0.1, 0.15) is 20.3 Å². The molecule has 0 radical (unpaired) electrons. The van der Waals surface area contributed by atoms with Crippen LogP contribution in [0.3, 0.4) is 0 Å². The summed E-state index contributed by atoms with van der Waals surface area (Å²) in [6, 6.07) is 9.43. The Balaban J connectivity index is 2.46. The monoisotopic (exact) mass is 335 g/mol. The van der Waals surface area contributed by atoms with Gasteiger partial charge in [0.05, 0.1) is 23.7 Å². The molecule has 20 heavy (non-hydrogen) atoms. The molecule has 0 bridgehead atoms. The minimum absolute atomic E-state index is 0.0165. The molecule has 2 rings (SSSR count). The van der Waals surface area contributed by atoms with Crippen molar-refractivity contribution in [2.45, 2.75) is 31.8 Å². The Bertz CT molecular complexity index is 564. The molecule has 1 heterocycles. The molecule has 106 valence electrons. The summed E-state index contributed by atoms with van der Waals surface area (Å²) >= 11 is 3.51. The number of anilines is 1. The van der Waals surface area contributed by atoms with E-state index in [2.05, 4.69) is 22.0 Å². The van der Waals surface area contributed by atoms with E-state index in [-0.39, 0.29) is 23.9 Å². The van der Waals surface area contributed by atoms with Gasteiger partial charge in [-0.25, -0.2) is 0 Å². The van der Waals surface area contributed by atoms with E-state index in [1.54, 1.807) is 0 Å². The van der Waals surface area contributed by atoms with Crippen LogP contribution in [0, 0.1) is 11.3 Å². The summed E-state index contributed by atoms with van der Waals surface area (Å²) in [5, 5.41) is 8.94. The third-order valence-electron chi connectivity index (χ3n) is 3.66. The molecule has 0 aliphatic carbocycles. The van der Waals surface area contributed by atoms with E-state index in [4.69, 9.17) is 5.26 Å². The molecule has 4 nitrogen and oxygen atoms in total. The van der Waals surface area contributed by atoms with E-state index in [0.717, 1.165) is 16.7 Å². The second kappa shape index (κ2) is 5.55. The summed E-state index contributed by atoms with van der Waals surface area (Å²) in [5.74, 6) is -0.0165. The molecule has 1 atom stereocenters. The lowest BCUT2D eigenvalue weighted by atomic mass is 9.93. The number of rotatable bonds is 2. The number of piperazine rings is 1. The van der Waals surface area contributed by atoms with Crippen molar-refractivity contribution < 1.29 is 4.79 Å². The number of hydrogen-bond acceptors (Lipinski definition) is 3. The van der Waals surface area contributed by atoms with Gasteiger partial charge in [0.25, 0.3) is 0 Å². The third-order valence-corrected chi connectivity index (χ3v) is 4.33. The van der Waals surface area contributed by atoms with E-state index < -0.39 is 0 Å². The molecule has 5 heteroatoms. The summed E-state index contributed by atoms with van der Waals surface area (Å²) in [6.07, 6.45) is 0.215. The topological polar surface area (TPSA) is 47.3 Å². The predicted molar refractivity (Wildman–Crippen MR) is 82.4 cm³/mol. The molecule has 1 saturated heterocycles. The van der Waals surface area contributed by atoms with Gasteiger partial charge >= 0.3 is 0 Å². The number of para-hydroxylation sites is 1. The summed E-state index contributed by atoms with van der Waals surface area (Å²) < 4.78 is 0.890. The first-order valence-electron chi connectivity index (χ1n) is 6.54. The van der Waals surface area contributed by atoms with Gasteiger partial charge < -0.3 is 4.90 Å². The van der Waals surface area contributed by atoms with Crippen LogP contribution >= 0.6 is 15.9 Å². The minimum Gasteiger partial charge on any atom is -0.303 e. The zero-order valence-corrected chi connectivity index (χ0v) is 13.5. The van der Waals surface area contributed by atoms with E-state index in [1.807, 2.05) is 55.0 Å². The Morgan fingerprint density at radius 1 is 1.45 bits per heavy atom. The fourth-order valence-electron chi connectivity index (χ4n) is 2.83. The third kappa shape index (κ3) is 2.58. The van der Waals surface area contributed by atoms with Crippen molar-refractivity contribution in [3.8, 4) is 6.07 Å². The number of carbonyl (C=O) groups excluding carboxylic acids is 1. The van der Waals surface area contributed by atoms with Crippen molar-refractivity contribution in [1.82, 2.24) is 4.90 Å². The number of amides is 1. The molecule has 0 saturated carbocycles. The Hall–Kier alpha value is -1.38. The molecule has 0 aromatic heterocycles.